The van der Waals surface area contributed by atoms with Crippen LogP contribution in [0.15, 0.2) is 11.6 Å². The molecule has 0 spiro atoms. The summed E-state index contributed by atoms with van der Waals surface area (Å²) >= 11 is 0. The Labute approximate surface area is 490 Å². The Morgan fingerprint density at radius 3 is 1.74 bits per heavy atom. The third-order valence-corrected chi connectivity index (χ3v) is 22.3. The molecule has 0 aromatic rings. The molecule has 0 aromatic carbocycles. The first-order valence-corrected chi connectivity index (χ1v) is 29.6. The van der Waals surface area contributed by atoms with Gasteiger partial charge in [0.25, 0.3) is 0 Å². The van der Waals surface area contributed by atoms with Gasteiger partial charge < -0.3 is 139 Å². The van der Waals surface area contributed by atoms with Gasteiger partial charge in [-0.3, -0.25) is 4.79 Å². The SMILES string of the molecule is CC1OC(OC2C(OC(=O)C34CCC(C)(C)CC3C3=CCC5C6(C)CC(O)C(OC7OC(OC8OC(O)C(O)C(O)C8O)C(O)C(O)C7O)C(CO)(CO)C6CCC5(C)C3(C)CC4O)OCC(O)C2O)C(O)C(O)C1OC1OCC(O)C(O)C1O. The van der Waals surface area contributed by atoms with E-state index in [0.717, 1.165) is 5.57 Å². The summed E-state index contributed by atoms with van der Waals surface area (Å²) in [6, 6.07) is 0. The van der Waals surface area contributed by atoms with Gasteiger partial charge in [0.15, 0.2) is 43.8 Å². The van der Waals surface area contributed by atoms with E-state index in [1.165, 1.54) is 6.92 Å². The van der Waals surface area contributed by atoms with Gasteiger partial charge in [0.05, 0.1) is 50.8 Å². The van der Waals surface area contributed by atoms with Gasteiger partial charge in [-0.05, 0) is 97.7 Å². The van der Waals surface area contributed by atoms with Gasteiger partial charge >= 0.3 is 5.97 Å². The Morgan fingerprint density at radius 2 is 1.09 bits per heavy atom. The highest BCUT2D eigenvalue weighted by molar-refractivity contribution is 5.80. The lowest BCUT2D eigenvalue weighted by molar-refractivity contribution is -0.420. The number of ether oxygens (including phenoxy) is 10. The van der Waals surface area contributed by atoms with Gasteiger partial charge in [0.1, 0.15) is 90.9 Å². The molecule has 5 saturated heterocycles. The van der Waals surface area contributed by atoms with E-state index in [1.54, 1.807) is 0 Å². The number of rotatable bonds is 12. The molecule has 29 heteroatoms. The molecular weight excluding hydrogens is 1140 g/mol. The third-order valence-electron chi connectivity index (χ3n) is 22.3. The Morgan fingerprint density at radius 1 is 0.541 bits per heavy atom. The molecule has 0 aromatic heterocycles. The van der Waals surface area contributed by atoms with Crippen LogP contribution in [-0.2, 0) is 52.2 Å². The van der Waals surface area contributed by atoms with Crippen molar-refractivity contribution in [3.05, 3.63) is 11.6 Å². The monoisotopic (exact) mass is 1230 g/mol. The van der Waals surface area contributed by atoms with Crippen LogP contribution in [0.4, 0.5) is 0 Å². The van der Waals surface area contributed by atoms with Crippen LogP contribution in [0.2, 0.25) is 0 Å². The highest BCUT2D eigenvalue weighted by Gasteiger charge is 2.74. The standard InChI is InChI=1S/C56H90O29/c1-20-40(79-44-35(69)29(63)24(60)16-76-44)33(67)39(73)45(78-20)80-41-30(64)25(61)17-77-49(41)85-50(75)56-12-11-51(2,3)13-22(56)21-7-8-26-52(4)14-23(59)42(55(18-57,19-58)27(52)9-10-53(26,5)54(21,6)15-28(56)62)81-46-37(71)32(66)38(72)48(83-46)84-47-36(70)31(65)34(68)43(74)82-47/h7,20,22-49,57-74H,8-19H2,1-6H3. The zero-order chi connectivity index (χ0) is 62.2. The van der Waals surface area contributed by atoms with Gasteiger partial charge in [-0.2, -0.15) is 0 Å². The molecule has 5 aliphatic heterocycles. The second-order valence-corrected chi connectivity index (χ2v) is 27.5. The van der Waals surface area contributed by atoms with Crippen molar-refractivity contribution in [1.29, 1.82) is 0 Å². The number of allylic oxidation sites excluding steroid dienone is 2. The van der Waals surface area contributed by atoms with Crippen molar-refractivity contribution in [3.63, 3.8) is 0 Å². The minimum Gasteiger partial charge on any atom is -0.432 e. The summed E-state index contributed by atoms with van der Waals surface area (Å²) in [6.45, 7) is 9.31. The van der Waals surface area contributed by atoms with Crippen LogP contribution in [0.5, 0.6) is 0 Å². The Balaban J connectivity index is 0.887. The fourth-order valence-electron chi connectivity index (χ4n) is 17.1. The van der Waals surface area contributed by atoms with Gasteiger partial charge in [0.2, 0.25) is 6.29 Å². The van der Waals surface area contributed by atoms with E-state index in [2.05, 4.69) is 33.8 Å². The second-order valence-electron chi connectivity index (χ2n) is 27.5. The summed E-state index contributed by atoms with van der Waals surface area (Å²) in [4.78, 5) is 15.4. The molecule has 5 aliphatic carbocycles. The average molecular weight is 1230 g/mol. The molecule has 85 heavy (non-hydrogen) atoms. The number of aliphatic hydroxyl groups is 18. The molecule has 0 bridgehead atoms. The molecule has 9 fully saturated rings. The average Bonchev–Trinajstić information content (AvgIpc) is 0.678. The first-order chi connectivity index (χ1) is 39.8. The largest absolute Gasteiger partial charge is 0.432 e. The van der Waals surface area contributed by atoms with Crippen LogP contribution in [0.1, 0.15) is 92.9 Å². The van der Waals surface area contributed by atoms with Crippen LogP contribution in [0.25, 0.3) is 0 Å². The van der Waals surface area contributed by atoms with Crippen LogP contribution in [-0.4, -0.2) is 284 Å². The van der Waals surface area contributed by atoms with Crippen molar-refractivity contribution in [2.24, 2.45) is 50.2 Å². The minimum absolute atomic E-state index is 0.00365. The summed E-state index contributed by atoms with van der Waals surface area (Å²) in [5.74, 6) is -2.46. The summed E-state index contributed by atoms with van der Waals surface area (Å²) in [5, 5.41) is 198. The molecule has 10 aliphatic rings. The van der Waals surface area contributed by atoms with Gasteiger partial charge in [0, 0.05) is 5.41 Å². The zero-order valence-corrected chi connectivity index (χ0v) is 48.3. The predicted octanol–water partition coefficient (Wildman–Crippen LogP) is -6.10. The molecule has 29 nitrogen and oxygen atoms in total. The van der Waals surface area contributed by atoms with Gasteiger partial charge in [-0.25, -0.2) is 0 Å². The van der Waals surface area contributed by atoms with Crippen LogP contribution >= 0.6 is 0 Å². The lowest BCUT2D eigenvalue weighted by atomic mass is 9.33. The van der Waals surface area contributed by atoms with E-state index < -0.39 is 231 Å². The lowest BCUT2D eigenvalue weighted by Crippen LogP contribution is -2.72. The molecule has 5 heterocycles. The zero-order valence-electron chi connectivity index (χ0n) is 48.3. The molecule has 488 valence electrons. The van der Waals surface area contributed by atoms with Crippen molar-refractivity contribution in [1.82, 2.24) is 0 Å². The number of aliphatic hydroxyl groups excluding tert-OH is 18. The number of hydrogen-bond donors (Lipinski definition) is 18. The van der Waals surface area contributed by atoms with E-state index in [1.807, 2.05) is 6.92 Å². The maximum Gasteiger partial charge on any atom is 0.317 e. The van der Waals surface area contributed by atoms with Crippen LogP contribution in [0, 0.1) is 50.2 Å². The topological polar surface area (TPSA) is 474 Å². The normalized spacial score (nSPS) is 55.0. The van der Waals surface area contributed by atoms with E-state index >= 15 is 4.79 Å². The first-order valence-electron chi connectivity index (χ1n) is 29.6. The lowest BCUT2D eigenvalue weighted by Gasteiger charge is -2.72. The predicted molar refractivity (Wildman–Crippen MR) is 278 cm³/mol. The maximum atomic E-state index is 15.4. The number of carbonyl (C=O) groups is 1. The Bertz CT molecular complexity index is 2380. The fraction of sp³-hybridized carbons (Fsp3) is 0.946. The second kappa shape index (κ2) is 24.0. The smallest absolute Gasteiger partial charge is 0.317 e. The minimum atomic E-state index is -2.06. The van der Waals surface area contributed by atoms with Crippen LogP contribution < -0.4 is 0 Å². The molecule has 4 saturated carbocycles. The van der Waals surface area contributed by atoms with Crippen molar-refractivity contribution in [3.8, 4) is 0 Å². The number of hydrogen-bond acceptors (Lipinski definition) is 29. The van der Waals surface area contributed by atoms with Crippen LogP contribution in [0.3, 0.4) is 0 Å². The summed E-state index contributed by atoms with van der Waals surface area (Å²) in [6.07, 6.45) is -41.3. The van der Waals surface area contributed by atoms with Gasteiger partial charge in [-0.1, -0.05) is 46.3 Å². The highest BCUT2D eigenvalue weighted by Crippen LogP contribution is 2.76. The van der Waals surface area contributed by atoms with Crippen molar-refractivity contribution in [2.75, 3.05) is 26.4 Å². The number of fused-ring (bicyclic) bond motifs is 7. The third kappa shape index (κ3) is 10.7. The van der Waals surface area contributed by atoms with E-state index in [9.17, 15) is 91.9 Å². The molecule has 0 radical (unpaired) electrons. The summed E-state index contributed by atoms with van der Waals surface area (Å²) in [5.41, 5.74) is -5.18. The summed E-state index contributed by atoms with van der Waals surface area (Å²) in [7, 11) is 0. The molecule has 18 N–H and O–H groups in total. The quantitative estimate of drug-likeness (QED) is 0.0491. The Kier molecular flexibility index (Phi) is 18.6. The first kappa shape index (κ1) is 66.1. The van der Waals surface area contributed by atoms with Crippen molar-refractivity contribution >= 4 is 5.97 Å². The fourth-order valence-corrected chi connectivity index (χ4v) is 17.1. The van der Waals surface area contributed by atoms with E-state index in [-0.39, 0.29) is 30.6 Å². The number of esters is 1. The Hall–Kier alpha value is -1.87. The van der Waals surface area contributed by atoms with Crippen molar-refractivity contribution < 1.29 is 144 Å². The van der Waals surface area contributed by atoms with E-state index in [4.69, 9.17) is 47.4 Å². The molecule has 33 atom stereocenters. The van der Waals surface area contributed by atoms with E-state index in [0.29, 0.717) is 32.1 Å². The van der Waals surface area contributed by atoms with Gasteiger partial charge in [-0.15, -0.1) is 0 Å². The van der Waals surface area contributed by atoms with Crippen molar-refractivity contribution in [2.45, 2.75) is 253 Å². The number of carbonyl (C=O) groups excluding carboxylic acids is 1. The highest BCUT2D eigenvalue weighted by atomic mass is 16.8. The maximum absolute atomic E-state index is 15.4. The molecule has 10 rings (SSSR count). The molecular formula is C56H90O29. The summed E-state index contributed by atoms with van der Waals surface area (Å²) < 4.78 is 57.8. The molecule has 33 unspecified atom stereocenters. The molecule has 0 amide bonds.